The molecule has 1 amide bonds. The number of amides is 1. The molecule has 0 spiro atoms. The molecule has 1 saturated heterocycles. The fourth-order valence-corrected chi connectivity index (χ4v) is 2.94. The molecule has 0 unspecified atom stereocenters. The van der Waals surface area contributed by atoms with Crippen LogP contribution in [0.5, 0.6) is 0 Å². The van der Waals surface area contributed by atoms with Crippen LogP contribution in [0.25, 0.3) is 5.69 Å². The Hall–Kier alpha value is -2.25. The van der Waals surface area contributed by atoms with Gasteiger partial charge >= 0.3 is 0 Å². The number of rotatable bonds is 3. The van der Waals surface area contributed by atoms with Crippen LogP contribution in [0.4, 0.5) is 4.39 Å². The van der Waals surface area contributed by atoms with Crippen molar-refractivity contribution in [1.82, 2.24) is 19.6 Å². The Morgan fingerprint density at radius 3 is 2.96 bits per heavy atom. The molecule has 0 bridgehead atoms. The van der Waals surface area contributed by atoms with Gasteiger partial charge in [-0.2, -0.15) is 5.10 Å². The van der Waals surface area contributed by atoms with E-state index >= 15 is 0 Å². The van der Waals surface area contributed by atoms with Crippen molar-refractivity contribution in [3.63, 3.8) is 0 Å². The fourth-order valence-electron chi connectivity index (χ4n) is 2.94. The molecule has 3 rings (SSSR count). The first-order chi connectivity index (χ1) is 11.5. The Labute approximate surface area is 140 Å². The fraction of sp³-hybridized carbons (Fsp3) is 0.412. The minimum atomic E-state index is -0.560. The highest BCUT2D eigenvalue weighted by atomic mass is 19.1. The maximum absolute atomic E-state index is 13.3. The summed E-state index contributed by atoms with van der Waals surface area (Å²) in [6.07, 6.45) is 3.04. The van der Waals surface area contributed by atoms with Crippen LogP contribution in [0.3, 0.4) is 0 Å². The molecule has 1 fully saturated rings. The molecule has 6 nitrogen and oxygen atoms in total. The topological polar surface area (TPSA) is 61.6 Å². The van der Waals surface area contributed by atoms with Crippen molar-refractivity contribution < 1.29 is 14.3 Å². The number of β-amino-alcohol motifs (C(OH)–C–C–N with tert-alkyl or cyclic N) is 1. The maximum atomic E-state index is 13.3. The van der Waals surface area contributed by atoms with Crippen molar-refractivity contribution in [3.05, 3.63) is 48.0 Å². The molecular weight excluding hydrogens is 311 g/mol. The minimum absolute atomic E-state index is 0.0187. The monoisotopic (exact) mass is 332 g/mol. The van der Waals surface area contributed by atoms with Gasteiger partial charge in [0.25, 0.3) is 0 Å². The number of aliphatic hydroxyl groups is 1. The van der Waals surface area contributed by atoms with Crippen molar-refractivity contribution in [2.24, 2.45) is 0 Å². The summed E-state index contributed by atoms with van der Waals surface area (Å²) >= 11 is 0. The van der Waals surface area contributed by atoms with E-state index in [4.69, 9.17) is 0 Å². The highest BCUT2D eigenvalue weighted by molar-refractivity contribution is 5.73. The lowest BCUT2D eigenvalue weighted by molar-refractivity contribution is -0.129. The summed E-state index contributed by atoms with van der Waals surface area (Å²) in [4.78, 5) is 15.3. The van der Waals surface area contributed by atoms with E-state index in [1.807, 2.05) is 6.20 Å². The summed E-state index contributed by atoms with van der Waals surface area (Å²) in [5.41, 5.74) is 1.64. The van der Waals surface area contributed by atoms with Crippen LogP contribution in [0.2, 0.25) is 0 Å². The molecule has 0 aliphatic carbocycles. The molecule has 1 aliphatic heterocycles. The number of carbonyl (C=O) groups excluding carboxylic acids is 1. The van der Waals surface area contributed by atoms with Crippen LogP contribution >= 0.6 is 0 Å². The SMILES string of the molecule is CC(=O)N1CCN(Cc2cnn(-c3cccc(F)c3)c2)C[C@@H](O)C1. The third kappa shape index (κ3) is 3.98. The zero-order valence-corrected chi connectivity index (χ0v) is 13.6. The first-order valence-corrected chi connectivity index (χ1v) is 7.96. The molecule has 7 heteroatoms. The Kier molecular flexibility index (Phi) is 4.92. The van der Waals surface area contributed by atoms with Crippen molar-refractivity contribution >= 4 is 5.91 Å². The number of halogens is 1. The third-order valence-corrected chi connectivity index (χ3v) is 4.15. The Balaban J connectivity index is 1.67. The average Bonchev–Trinajstić information content (AvgIpc) is 2.90. The van der Waals surface area contributed by atoms with E-state index in [0.29, 0.717) is 38.4 Å². The first-order valence-electron chi connectivity index (χ1n) is 7.96. The number of aromatic nitrogens is 2. The number of carbonyl (C=O) groups is 1. The van der Waals surface area contributed by atoms with E-state index in [0.717, 1.165) is 5.56 Å². The predicted octanol–water partition coefficient (Wildman–Crippen LogP) is 1.04. The zero-order valence-electron chi connectivity index (χ0n) is 13.6. The summed E-state index contributed by atoms with van der Waals surface area (Å²) in [6.45, 7) is 4.32. The summed E-state index contributed by atoms with van der Waals surface area (Å²) < 4.78 is 14.9. The summed E-state index contributed by atoms with van der Waals surface area (Å²) in [5, 5.41) is 14.3. The van der Waals surface area contributed by atoms with Crippen LogP contribution in [-0.2, 0) is 11.3 Å². The van der Waals surface area contributed by atoms with Gasteiger partial charge in [0.1, 0.15) is 5.82 Å². The summed E-state index contributed by atoms with van der Waals surface area (Å²) in [5.74, 6) is -0.320. The van der Waals surface area contributed by atoms with Gasteiger partial charge in [-0.15, -0.1) is 0 Å². The van der Waals surface area contributed by atoms with E-state index in [1.54, 1.807) is 27.9 Å². The highest BCUT2D eigenvalue weighted by Gasteiger charge is 2.22. The highest BCUT2D eigenvalue weighted by Crippen LogP contribution is 2.13. The van der Waals surface area contributed by atoms with E-state index < -0.39 is 6.10 Å². The molecule has 1 N–H and O–H groups in total. The van der Waals surface area contributed by atoms with E-state index in [-0.39, 0.29) is 11.7 Å². The van der Waals surface area contributed by atoms with Crippen LogP contribution in [0.15, 0.2) is 36.7 Å². The van der Waals surface area contributed by atoms with Gasteiger partial charge in [-0.1, -0.05) is 6.07 Å². The average molecular weight is 332 g/mol. The second kappa shape index (κ2) is 7.11. The second-order valence-electron chi connectivity index (χ2n) is 6.13. The molecule has 2 aromatic rings. The predicted molar refractivity (Wildman–Crippen MR) is 87.1 cm³/mol. The number of aliphatic hydroxyl groups excluding tert-OH is 1. The van der Waals surface area contributed by atoms with Gasteiger partial charge in [-0.05, 0) is 18.2 Å². The van der Waals surface area contributed by atoms with Crippen LogP contribution in [0.1, 0.15) is 12.5 Å². The largest absolute Gasteiger partial charge is 0.390 e. The number of hydrogen-bond donors (Lipinski definition) is 1. The molecule has 0 radical (unpaired) electrons. The number of nitrogens with zero attached hydrogens (tertiary/aromatic N) is 4. The smallest absolute Gasteiger partial charge is 0.219 e. The molecule has 0 saturated carbocycles. The molecule has 1 aromatic carbocycles. The lowest BCUT2D eigenvalue weighted by Crippen LogP contribution is -2.36. The molecule has 1 atom stereocenters. The summed E-state index contributed by atoms with van der Waals surface area (Å²) in [7, 11) is 0. The normalized spacial score (nSPS) is 19.3. The lowest BCUT2D eigenvalue weighted by atomic mass is 10.3. The zero-order chi connectivity index (χ0) is 17.1. The van der Waals surface area contributed by atoms with Crippen LogP contribution in [0, 0.1) is 5.82 Å². The van der Waals surface area contributed by atoms with Gasteiger partial charge in [0.2, 0.25) is 5.91 Å². The number of hydrogen-bond acceptors (Lipinski definition) is 4. The second-order valence-corrected chi connectivity index (χ2v) is 6.13. The molecule has 128 valence electrons. The van der Waals surface area contributed by atoms with Crippen molar-refractivity contribution in [2.45, 2.75) is 19.6 Å². The quantitative estimate of drug-likeness (QED) is 0.912. The standard InChI is InChI=1S/C17H21FN4O2/c1-13(23)21-6-5-20(11-17(24)12-21)9-14-8-19-22(10-14)16-4-2-3-15(18)7-16/h2-4,7-8,10,17,24H,5-6,9,11-12H2,1H3/t17-/m1/s1. The Bertz CT molecular complexity index is 718. The number of benzene rings is 1. The van der Waals surface area contributed by atoms with Gasteiger partial charge in [0.15, 0.2) is 0 Å². The van der Waals surface area contributed by atoms with Gasteiger partial charge in [0.05, 0.1) is 18.0 Å². The van der Waals surface area contributed by atoms with Crippen molar-refractivity contribution in [1.29, 1.82) is 0 Å². The molecule has 1 aromatic heterocycles. The van der Waals surface area contributed by atoms with Gasteiger partial charge in [0, 0.05) is 51.4 Å². The van der Waals surface area contributed by atoms with Gasteiger partial charge < -0.3 is 10.0 Å². The van der Waals surface area contributed by atoms with Crippen molar-refractivity contribution in [3.8, 4) is 5.69 Å². The van der Waals surface area contributed by atoms with Gasteiger partial charge in [-0.3, -0.25) is 9.69 Å². The molecule has 24 heavy (non-hydrogen) atoms. The Morgan fingerprint density at radius 1 is 1.38 bits per heavy atom. The summed E-state index contributed by atoms with van der Waals surface area (Å²) in [6, 6.07) is 6.26. The van der Waals surface area contributed by atoms with Crippen LogP contribution in [-0.4, -0.2) is 62.9 Å². The molecular formula is C17H21FN4O2. The van der Waals surface area contributed by atoms with Crippen LogP contribution < -0.4 is 0 Å². The molecule has 1 aliphatic rings. The minimum Gasteiger partial charge on any atom is -0.390 e. The van der Waals surface area contributed by atoms with E-state index in [1.165, 1.54) is 19.1 Å². The van der Waals surface area contributed by atoms with E-state index in [9.17, 15) is 14.3 Å². The lowest BCUT2D eigenvalue weighted by Gasteiger charge is -2.20. The van der Waals surface area contributed by atoms with Gasteiger partial charge in [-0.25, -0.2) is 9.07 Å². The third-order valence-electron chi connectivity index (χ3n) is 4.15. The Morgan fingerprint density at radius 2 is 2.21 bits per heavy atom. The maximum Gasteiger partial charge on any atom is 0.219 e. The molecule has 2 heterocycles. The first kappa shape index (κ1) is 16.6. The van der Waals surface area contributed by atoms with E-state index in [2.05, 4.69) is 10.00 Å². The van der Waals surface area contributed by atoms with Crippen molar-refractivity contribution in [2.75, 3.05) is 26.2 Å².